The molecule has 0 atom stereocenters. The number of hydrogen-bond donors (Lipinski definition) is 1. The first-order valence-corrected chi connectivity index (χ1v) is 7.27. The molecule has 0 fully saturated rings. The largest absolute Gasteiger partial charge is 0.495 e. The van der Waals surface area contributed by atoms with Crippen LogP contribution in [0.3, 0.4) is 0 Å². The van der Waals surface area contributed by atoms with Gasteiger partial charge in [0.15, 0.2) is 0 Å². The molecule has 4 nitrogen and oxygen atoms in total. The molecule has 0 saturated heterocycles. The standard InChI is InChI=1S/C17H19ClN2O2/c1-20(2)14-6-4-5-13(10-14)17(21)19-11-12-7-8-16(22-3)15(18)9-12/h4-10H,11H2,1-3H3,(H,19,21). The molecule has 2 rings (SSSR count). The van der Waals surface area contributed by atoms with E-state index in [2.05, 4.69) is 5.32 Å². The van der Waals surface area contributed by atoms with Gasteiger partial charge in [-0.3, -0.25) is 4.79 Å². The van der Waals surface area contributed by atoms with Crippen molar-refractivity contribution < 1.29 is 9.53 Å². The van der Waals surface area contributed by atoms with Crippen LogP contribution in [0.5, 0.6) is 5.75 Å². The second-order valence-corrected chi connectivity index (χ2v) is 5.50. The number of amides is 1. The van der Waals surface area contributed by atoms with Crippen molar-refractivity contribution in [2.24, 2.45) is 0 Å². The molecular formula is C17H19ClN2O2. The number of hydrogen-bond acceptors (Lipinski definition) is 3. The number of methoxy groups -OCH3 is 1. The Bertz CT molecular complexity index is 671. The van der Waals surface area contributed by atoms with Crippen molar-refractivity contribution in [2.75, 3.05) is 26.1 Å². The van der Waals surface area contributed by atoms with Crippen molar-refractivity contribution in [1.82, 2.24) is 5.32 Å². The third-order valence-corrected chi connectivity index (χ3v) is 3.59. The number of nitrogens with one attached hydrogen (secondary N) is 1. The normalized spacial score (nSPS) is 10.2. The summed E-state index contributed by atoms with van der Waals surface area (Å²) < 4.78 is 5.11. The third kappa shape index (κ3) is 3.92. The number of rotatable bonds is 5. The second-order valence-electron chi connectivity index (χ2n) is 5.10. The second kappa shape index (κ2) is 7.18. The Labute approximate surface area is 135 Å². The quantitative estimate of drug-likeness (QED) is 0.919. The van der Waals surface area contributed by atoms with Crippen molar-refractivity contribution in [1.29, 1.82) is 0 Å². The Morgan fingerprint density at radius 1 is 1.23 bits per heavy atom. The molecule has 2 aromatic rings. The van der Waals surface area contributed by atoms with Crippen LogP contribution >= 0.6 is 11.6 Å². The van der Waals surface area contributed by atoms with Crippen LogP contribution in [-0.4, -0.2) is 27.1 Å². The van der Waals surface area contributed by atoms with E-state index in [0.717, 1.165) is 11.3 Å². The molecule has 0 aliphatic rings. The van der Waals surface area contributed by atoms with E-state index in [1.54, 1.807) is 25.3 Å². The minimum atomic E-state index is -0.115. The predicted molar refractivity (Wildman–Crippen MR) is 89.9 cm³/mol. The van der Waals surface area contributed by atoms with Gasteiger partial charge in [0.05, 0.1) is 12.1 Å². The number of carbonyl (C=O) groups excluding carboxylic acids is 1. The summed E-state index contributed by atoms with van der Waals surface area (Å²) in [6.07, 6.45) is 0. The highest BCUT2D eigenvalue weighted by atomic mass is 35.5. The van der Waals surface area contributed by atoms with Crippen LogP contribution in [0.15, 0.2) is 42.5 Å². The first kappa shape index (κ1) is 16.2. The van der Waals surface area contributed by atoms with Crippen molar-refractivity contribution in [3.63, 3.8) is 0 Å². The molecule has 0 heterocycles. The fourth-order valence-electron chi connectivity index (χ4n) is 2.03. The van der Waals surface area contributed by atoms with Crippen molar-refractivity contribution in [3.05, 3.63) is 58.6 Å². The summed E-state index contributed by atoms with van der Waals surface area (Å²) in [5, 5.41) is 3.42. The monoisotopic (exact) mass is 318 g/mol. The Hall–Kier alpha value is -2.20. The van der Waals surface area contributed by atoms with Crippen molar-refractivity contribution in [3.8, 4) is 5.75 Å². The molecule has 0 bridgehead atoms. The minimum absolute atomic E-state index is 0.115. The van der Waals surface area contributed by atoms with E-state index in [0.29, 0.717) is 22.9 Å². The number of carbonyl (C=O) groups is 1. The first-order valence-electron chi connectivity index (χ1n) is 6.89. The average molecular weight is 319 g/mol. The van der Waals surface area contributed by atoms with Crippen LogP contribution in [0.25, 0.3) is 0 Å². The SMILES string of the molecule is COc1ccc(CNC(=O)c2cccc(N(C)C)c2)cc1Cl. The zero-order valence-corrected chi connectivity index (χ0v) is 13.6. The van der Waals surface area contributed by atoms with Crippen molar-refractivity contribution >= 4 is 23.2 Å². The lowest BCUT2D eigenvalue weighted by Crippen LogP contribution is -2.23. The van der Waals surface area contributed by atoms with Crippen LogP contribution in [0, 0.1) is 0 Å². The topological polar surface area (TPSA) is 41.6 Å². The fraction of sp³-hybridized carbons (Fsp3) is 0.235. The average Bonchev–Trinajstić information content (AvgIpc) is 2.52. The van der Waals surface area contributed by atoms with Gasteiger partial charge < -0.3 is 15.0 Å². The van der Waals surface area contributed by atoms with E-state index in [1.807, 2.05) is 43.3 Å². The van der Waals surface area contributed by atoms with E-state index < -0.39 is 0 Å². The molecule has 5 heteroatoms. The summed E-state index contributed by atoms with van der Waals surface area (Å²) in [6.45, 7) is 0.411. The van der Waals surface area contributed by atoms with E-state index in [4.69, 9.17) is 16.3 Å². The summed E-state index contributed by atoms with van der Waals surface area (Å²) in [4.78, 5) is 14.2. The van der Waals surface area contributed by atoms with Gasteiger partial charge in [0.1, 0.15) is 5.75 Å². The number of ether oxygens (including phenoxy) is 1. The summed E-state index contributed by atoms with van der Waals surface area (Å²) >= 11 is 6.07. The van der Waals surface area contributed by atoms with E-state index in [-0.39, 0.29) is 5.91 Å². The number of nitrogens with zero attached hydrogens (tertiary/aromatic N) is 1. The van der Waals surface area contributed by atoms with Gasteiger partial charge in [-0.25, -0.2) is 0 Å². The molecule has 0 saturated carbocycles. The highest BCUT2D eigenvalue weighted by Crippen LogP contribution is 2.24. The molecule has 0 spiro atoms. The lowest BCUT2D eigenvalue weighted by molar-refractivity contribution is 0.0951. The molecule has 22 heavy (non-hydrogen) atoms. The van der Waals surface area contributed by atoms with Gasteiger partial charge in [-0.2, -0.15) is 0 Å². The van der Waals surface area contributed by atoms with Crippen LogP contribution in [-0.2, 0) is 6.54 Å². The maximum Gasteiger partial charge on any atom is 0.251 e. The number of benzene rings is 2. The first-order chi connectivity index (χ1) is 10.5. The van der Waals surface area contributed by atoms with Crippen LogP contribution in [0.4, 0.5) is 5.69 Å². The molecule has 1 N–H and O–H groups in total. The maximum atomic E-state index is 12.2. The van der Waals surface area contributed by atoms with Crippen LogP contribution in [0.1, 0.15) is 15.9 Å². The zero-order valence-electron chi connectivity index (χ0n) is 12.9. The zero-order chi connectivity index (χ0) is 16.1. The van der Waals surface area contributed by atoms with Gasteiger partial charge in [0.2, 0.25) is 0 Å². The molecular weight excluding hydrogens is 300 g/mol. The van der Waals surface area contributed by atoms with Crippen molar-refractivity contribution in [2.45, 2.75) is 6.54 Å². The Kier molecular flexibility index (Phi) is 5.28. The molecule has 116 valence electrons. The minimum Gasteiger partial charge on any atom is -0.495 e. The molecule has 0 aliphatic heterocycles. The van der Waals surface area contributed by atoms with E-state index >= 15 is 0 Å². The Morgan fingerprint density at radius 3 is 2.64 bits per heavy atom. The lowest BCUT2D eigenvalue weighted by atomic mass is 10.1. The highest BCUT2D eigenvalue weighted by Gasteiger charge is 2.08. The maximum absolute atomic E-state index is 12.2. The molecule has 2 aromatic carbocycles. The molecule has 0 aromatic heterocycles. The number of halogens is 1. The van der Waals surface area contributed by atoms with Gasteiger partial charge in [0, 0.05) is 31.9 Å². The highest BCUT2D eigenvalue weighted by molar-refractivity contribution is 6.32. The summed E-state index contributed by atoms with van der Waals surface area (Å²) in [5.74, 6) is 0.506. The van der Waals surface area contributed by atoms with Gasteiger partial charge in [-0.05, 0) is 35.9 Å². The predicted octanol–water partition coefficient (Wildman–Crippen LogP) is 3.34. The molecule has 0 aliphatic carbocycles. The lowest BCUT2D eigenvalue weighted by Gasteiger charge is -2.13. The summed E-state index contributed by atoms with van der Waals surface area (Å²) in [7, 11) is 5.45. The van der Waals surface area contributed by atoms with Gasteiger partial charge in [0.25, 0.3) is 5.91 Å². The summed E-state index contributed by atoms with van der Waals surface area (Å²) in [6, 6.07) is 12.9. The third-order valence-electron chi connectivity index (χ3n) is 3.29. The van der Waals surface area contributed by atoms with Gasteiger partial charge >= 0.3 is 0 Å². The molecule has 0 unspecified atom stereocenters. The fourth-order valence-corrected chi connectivity index (χ4v) is 2.31. The van der Waals surface area contributed by atoms with Crippen LogP contribution < -0.4 is 15.0 Å². The Morgan fingerprint density at radius 2 is 2.00 bits per heavy atom. The summed E-state index contributed by atoms with van der Waals surface area (Å²) in [5.41, 5.74) is 2.54. The van der Waals surface area contributed by atoms with E-state index in [1.165, 1.54) is 0 Å². The van der Waals surface area contributed by atoms with Gasteiger partial charge in [-0.15, -0.1) is 0 Å². The Balaban J connectivity index is 2.03. The molecule has 1 amide bonds. The van der Waals surface area contributed by atoms with E-state index in [9.17, 15) is 4.79 Å². The number of anilines is 1. The smallest absolute Gasteiger partial charge is 0.251 e. The molecule has 0 radical (unpaired) electrons. The van der Waals surface area contributed by atoms with Gasteiger partial charge in [-0.1, -0.05) is 23.7 Å². The van der Waals surface area contributed by atoms with Crippen LogP contribution in [0.2, 0.25) is 5.02 Å².